The van der Waals surface area contributed by atoms with Crippen LogP contribution in [0.5, 0.6) is 0 Å². The summed E-state index contributed by atoms with van der Waals surface area (Å²) in [5.41, 5.74) is 3.49. The molecule has 0 saturated carbocycles. The highest BCUT2D eigenvalue weighted by Gasteiger charge is 2.29. The Morgan fingerprint density at radius 1 is 1.23 bits per heavy atom. The van der Waals surface area contributed by atoms with Crippen LogP contribution in [0.3, 0.4) is 0 Å². The molecule has 0 atom stereocenters. The second kappa shape index (κ2) is 5.77. The van der Waals surface area contributed by atoms with Gasteiger partial charge in [0.1, 0.15) is 11.5 Å². The lowest BCUT2D eigenvalue weighted by Crippen LogP contribution is -2.26. The fourth-order valence-corrected chi connectivity index (χ4v) is 3.94. The maximum atomic E-state index is 13.1. The van der Waals surface area contributed by atoms with Gasteiger partial charge in [0.05, 0.1) is 25.0 Å². The van der Waals surface area contributed by atoms with Gasteiger partial charge in [0, 0.05) is 29.9 Å². The molecule has 0 unspecified atom stereocenters. The first-order valence-electron chi connectivity index (χ1n) is 8.17. The molecule has 1 amide bonds. The molecule has 5 rings (SSSR count). The average Bonchev–Trinajstić information content (AvgIpc) is 3.37. The van der Waals surface area contributed by atoms with E-state index in [0.29, 0.717) is 25.3 Å². The van der Waals surface area contributed by atoms with Crippen molar-refractivity contribution in [3.63, 3.8) is 0 Å². The van der Waals surface area contributed by atoms with Gasteiger partial charge in [-0.05, 0) is 17.7 Å². The molecular formula is C18H14FN5OS. The molecule has 1 aliphatic heterocycles. The molecule has 130 valence electrons. The summed E-state index contributed by atoms with van der Waals surface area (Å²) in [5, 5.41) is 6.35. The number of hydrogen-bond donors (Lipinski definition) is 0. The number of imidazole rings is 1. The first kappa shape index (κ1) is 15.3. The molecule has 0 N–H and O–H groups in total. The maximum Gasteiger partial charge on any atom is 0.274 e. The molecule has 4 aromatic rings. The van der Waals surface area contributed by atoms with Gasteiger partial charge in [-0.25, -0.2) is 9.37 Å². The van der Waals surface area contributed by atoms with Gasteiger partial charge in [-0.15, -0.1) is 11.3 Å². The van der Waals surface area contributed by atoms with E-state index in [1.165, 1.54) is 23.5 Å². The predicted molar refractivity (Wildman–Crippen MR) is 94.4 cm³/mol. The third-order valence-electron chi connectivity index (χ3n) is 4.58. The maximum absolute atomic E-state index is 13.1. The van der Waals surface area contributed by atoms with Crippen molar-refractivity contribution in [2.75, 3.05) is 0 Å². The highest BCUT2D eigenvalue weighted by atomic mass is 32.1. The van der Waals surface area contributed by atoms with Crippen LogP contribution in [0, 0.1) is 5.82 Å². The quantitative estimate of drug-likeness (QED) is 0.559. The monoisotopic (exact) mass is 367 g/mol. The lowest BCUT2D eigenvalue weighted by Gasteiger charge is -2.14. The molecule has 3 aromatic heterocycles. The highest BCUT2D eigenvalue weighted by molar-refractivity contribution is 7.15. The lowest BCUT2D eigenvalue weighted by molar-refractivity contribution is 0.0743. The van der Waals surface area contributed by atoms with E-state index in [9.17, 15) is 9.18 Å². The zero-order valence-corrected chi connectivity index (χ0v) is 14.5. The predicted octanol–water partition coefficient (Wildman–Crippen LogP) is 2.94. The second-order valence-electron chi connectivity index (χ2n) is 6.28. The van der Waals surface area contributed by atoms with Crippen LogP contribution in [-0.2, 0) is 19.6 Å². The van der Waals surface area contributed by atoms with E-state index in [4.69, 9.17) is 0 Å². The second-order valence-corrected chi connectivity index (χ2v) is 7.15. The van der Waals surface area contributed by atoms with Crippen molar-refractivity contribution in [1.82, 2.24) is 24.1 Å². The third kappa shape index (κ3) is 2.50. The number of carbonyl (C=O) groups is 1. The molecule has 1 aromatic carbocycles. The molecule has 4 heterocycles. The number of halogens is 1. The molecule has 6 nitrogen and oxygen atoms in total. The summed E-state index contributed by atoms with van der Waals surface area (Å²) in [7, 11) is 0. The smallest absolute Gasteiger partial charge is 0.274 e. The SMILES string of the molecule is O=C(c1cn2ccsc2n1)N1Cc2cnn(Cc3ccc(F)cc3)c2C1. The van der Waals surface area contributed by atoms with Gasteiger partial charge in [0.25, 0.3) is 5.91 Å². The molecule has 8 heteroatoms. The number of hydrogen-bond acceptors (Lipinski definition) is 4. The van der Waals surface area contributed by atoms with Crippen molar-refractivity contribution in [3.8, 4) is 0 Å². The summed E-state index contributed by atoms with van der Waals surface area (Å²) in [6.45, 7) is 1.58. The van der Waals surface area contributed by atoms with E-state index in [1.807, 2.05) is 20.7 Å². The van der Waals surface area contributed by atoms with Gasteiger partial charge in [-0.3, -0.25) is 13.9 Å². The lowest BCUT2D eigenvalue weighted by atomic mass is 10.2. The molecule has 0 radical (unpaired) electrons. The molecule has 0 aliphatic carbocycles. The third-order valence-corrected chi connectivity index (χ3v) is 5.35. The van der Waals surface area contributed by atoms with E-state index in [2.05, 4.69) is 10.1 Å². The van der Waals surface area contributed by atoms with Crippen LogP contribution in [0.25, 0.3) is 4.96 Å². The van der Waals surface area contributed by atoms with Crippen LogP contribution in [0.4, 0.5) is 4.39 Å². The van der Waals surface area contributed by atoms with Gasteiger partial charge in [0.15, 0.2) is 4.96 Å². The minimum Gasteiger partial charge on any atom is -0.327 e. The van der Waals surface area contributed by atoms with Crippen molar-refractivity contribution >= 4 is 22.2 Å². The zero-order chi connectivity index (χ0) is 17.7. The summed E-state index contributed by atoms with van der Waals surface area (Å²) in [5.74, 6) is -0.332. The first-order chi connectivity index (χ1) is 12.7. The van der Waals surface area contributed by atoms with Gasteiger partial charge in [0.2, 0.25) is 0 Å². The van der Waals surface area contributed by atoms with E-state index < -0.39 is 0 Å². The van der Waals surface area contributed by atoms with E-state index >= 15 is 0 Å². The Labute approximate surface area is 152 Å². The Morgan fingerprint density at radius 3 is 2.88 bits per heavy atom. The van der Waals surface area contributed by atoms with Crippen molar-refractivity contribution in [2.45, 2.75) is 19.6 Å². The van der Waals surface area contributed by atoms with Crippen LogP contribution in [0.15, 0.2) is 48.2 Å². The number of aromatic nitrogens is 4. The summed E-state index contributed by atoms with van der Waals surface area (Å²) in [6, 6.07) is 6.39. The molecule has 26 heavy (non-hydrogen) atoms. The number of fused-ring (bicyclic) bond motifs is 2. The number of rotatable bonds is 3. The molecule has 1 aliphatic rings. The molecule has 0 spiro atoms. The van der Waals surface area contributed by atoms with Crippen LogP contribution >= 0.6 is 11.3 Å². The van der Waals surface area contributed by atoms with Crippen LogP contribution < -0.4 is 0 Å². The molecular weight excluding hydrogens is 353 g/mol. The van der Waals surface area contributed by atoms with Crippen molar-refractivity contribution in [1.29, 1.82) is 0 Å². The first-order valence-corrected chi connectivity index (χ1v) is 9.05. The number of amides is 1. The van der Waals surface area contributed by atoms with Crippen molar-refractivity contribution < 1.29 is 9.18 Å². The van der Waals surface area contributed by atoms with Crippen LogP contribution in [-0.4, -0.2) is 30.0 Å². The topological polar surface area (TPSA) is 55.4 Å². The minimum absolute atomic E-state index is 0.0783. The van der Waals surface area contributed by atoms with Crippen molar-refractivity contribution in [3.05, 3.63) is 76.6 Å². The largest absolute Gasteiger partial charge is 0.327 e. The average molecular weight is 367 g/mol. The summed E-state index contributed by atoms with van der Waals surface area (Å²) < 4.78 is 16.8. The molecule has 0 fully saturated rings. The number of carbonyl (C=O) groups excluding carboxylic acids is 1. The molecule has 0 saturated heterocycles. The zero-order valence-electron chi connectivity index (χ0n) is 13.7. The Balaban J connectivity index is 1.36. The summed E-state index contributed by atoms with van der Waals surface area (Å²) in [4.78, 5) is 19.8. The standard InChI is InChI=1S/C18H14FN5OS/c19-14-3-1-12(2-4-14)8-24-16-11-23(9-13(16)7-20-24)17(25)15-10-22-5-6-26-18(22)21-15/h1-7,10H,8-9,11H2. The number of benzene rings is 1. The Morgan fingerprint density at radius 2 is 2.08 bits per heavy atom. The Kier molecular flexibility index (Phi) is 3.39. The summed E-state index contributed by atoms with van der Waals surface area (Å²) >= 11 is 1.50. The van der Waals surface area contributed by atoms with Gasteiger partial charge in [-0.2, -0.15) is 5.10 Å². The molecule has 0 bridgehead atoms. The van der Waals surface area contributed by atoms with Crippen molar-refractivity contribution in [2.24, 2.45) is 0 Å². The van der Waals surface area contributed by atoms with E-state index in [-0.39, 0.29) is 11.7 Å². The number of thiazole rings is 1. The fraction of sp³-hybridized carbons (Fsp3) is 0.167. The Hall–Kier alpha value is -3.00. The highest BCUT2D eigenvalue weighted by Crippen LogP contribution is 2.25. The summed E-state index contributed by atoms with van der Waals surface area (Å²) in [6.07, 6.45) is 5.46. The van der Waals surface area contributed by atoms with Gasteiger partial charge < -0.3 is 4.90 Å². The van der Waals surface area contributed by atoms with E-state index in [1.54, 1.807) is 29.4 Å². The van der Waals surface area contributed by atoms with Gasteiger partial charge >= 0.3 is 0 Å². The van der Waals surface area contributed by atoms with Gasteiger partial charge in [-0.1, -0.05) is 12.1 Å². The minimum atomic E-state index is -0.254. The van der Waals surface area contributed by atoms with Crippen LogP contribution in [0.2, 0.25) is 0 Å². The fourth-order valence-electron chi connectivity index (χ4n) is 3.24. The number of nitrogens with zero attached hydrogens (tertiary/aromatic N) is 5. The normalized spacial score (nSPS) is 13.5. The Bertz CT molecular complexity index is 1080. The van der Waals surface area contributed by atoms with Crippen LogP contribution in [0.1, 0.15) is 27.3 Å². The van der Waals surface area contributed by atoms with E-state index in [0.717, 1.165) is 21.8 Å².